The van der Waals surface area contributed by atoms with Crippen LogP contribution in [0, 0.1) is 13.8 Å². The number of hydrogen-bond donors (Lipinski definition) is 1. The van der Waals surface area contributed by atoms with Crippen LogP contribution in [0.1, 0.15) is 27.3 Å². The van der Waals surface area contributed by atoms with Gasteiger partial charge in [-0.1, -0.05) is 42.5 Å². The third-order valence-corrected chi connectivity index (χ3v) is 4.02. The van der Waals surface area contributed by atoms with Crippen molar-refractivity contribution in [2.24, 2.45) is 0 Å². The summed E-state index contributed by atoms with van der Waals surface area (Å²) >= 11 is 0. The van der Waals surface area contributed by atoms with Crippen LogP contribution >= 0.6 is 0 Å². The fraction of sp³-hybridized carbons (Fsp3) is 0.150. The lowest BCUT2D eigenvalue weighted by molar-refractivity contribution is 0.103. The summed E-state index contributed by atoms with van der Waals surface area (Å²) in [5.74, 6) is 0.841. The van der Waals surface area contributed by atoms with Crippen molar-refractivity contribution in [1.82, 2.24) is 4.98 Å². The van der Waals surface area contributed by atoms with E-state index in [1.807, 2.05) is 68.4 Å². The summed E-state index contributed by atoms with van der Waals surface area (Å²) in [5, 5.41) is 0. The third kappa shape index (κ3) is 2.78. The number of aryl methyl sites for hydroxylation is 2. The zero-order valence-corrected chi connectivity index (χ0v) is 13.5. The summed E-state index contributed by atoms with van der Waals surface area (Å²) in [5.41, 5.74) is 5.28. The van der Waals surface area contributed by atoms with Crippen LogP contribution in [0.15, 0.2) is 54.6 Å². The van der Waals surface area contributed by atoms with Crippen molar-refractivity contribution >= 4 is 5.78 Å². The number of methoxy groups -OCH3 is 1. The van der Waals surface area contributed by atoms with Gasteiger partial charge in [-0.15, -0.1) is 0 Å². The topological polar surface area (TPSA) is 42.1 Å². The van der Waals surface area contributed by atoms with Crippen molar-refractivity contribution in [2.45, 2.75) is 13.8 Å². The van der Waals surface area contributed by atoms with E-state index in [1.54, 1.807) is 7.11 Å². The van der Waals surface area contributed by atoms with Crippen molar-refractivity contribution in [3.63, 3.8) is 0 Å². The Bertz CT molecular complexity index is 830. The number of aromatic amines is 1. The molecule has 0 bridgehead atoms. The Morgan fingerprint density at radius 3 is 2.17 bits per heavy atom. The minimum absolute atomic E-state index is 0.0401. The van der Waals surface area contributed by atoms with Gasteiger partial charge in [0.05, 0.1) is 12.7 Å². The molecule has 0 aliphatic rings. The Morgan fingerprint density at radius 1 is 0.913 bits per heavy atom. The molecule has 0 unspecified atom stereocenters. The molecule has 0 fully saturated rings. The van der Waals surface area contributed by atoms with Crippen LogP contribution in [0.2, 0.25) is 0 Å². The molecule has 1 aromatic heterocycles. The van der Waals surface area contributed by atoms with Gasteiger partial charge in [0.25, 0.3) is 0 Å². The predicted molar refractivity (Wildman–Crippen MR) is 92.1 cm³/mol. The minimum Gasteiger partial charge on any atom is -0.497 e. The maximum Gasteiger partial charge on any atom is 0.195 e. The number of H-pyrrole nitrogens is 1. The van der Waals surface area contributed by atoms with Gasteiger partial charge in [-0.3, -0.25) is 4.79 Å². The molecule has 0 aliphatic carbocycles. The first kappa shape index (κ1) is 15.1. The van der Waals surface area contributed by atoms with Crippen LogP contribution in [-0.4, -0.2) is 17.9 Å². The fourth-order valence-corrected chi connectivity index (χ4v) is 2.92. The molecule has 3 heteroatoms. The number of ketones is 1. The molecule has 2 aromatic carbocycles. The van der Waals surface area contributed by atoms with Crippen molar-refractivity contribution in [1.29, 1.82) is 0 Å². The number of carbonyl (C=O) groups is 1. The number of hydrogen-bond acceptors (Lipinski definition) is 2. The van der Waals surface area contributed by atoms with E-state index in [2.05, 4.69) is 4.98 Å². The normalized spacial score (nSPS) is 10.6. The number of benzene rings is 2. The van der Waals surface area contributed by atoms with Crippen molar-refractivity contribution in [3.8, 4) is 16.9 Å². The number of nitrogens with one attached hydrogen (secondary N) is 1. The Morgan fingerprint density at radius 2 is 1.57 bits per heavy atom. The van der Waals surface area contributed by atoms with Crippen LogP contribution < -0.4 is 4.74 Å². The zero-order valence-electron chi connectivity index (χ0n) is 13.5. The summed E-state index contributed by atoms with van der Waals surface area (Å²) in [6.45, 7) is 3.94. The van der Waals surface area contributed by atoms with E-state index >= 15 is 0 Å². The van der Waals surface area contributed by atoms with E-state index in [1.165, 1.54) is 0 Å². The Balaban J connectivity index is 2.13. The molecule has 0 aliphatic heterocycles. The molecule has 0 radical (unpaired) electrons. The van der Waals surface area contributed by atoms with Gasteiger partial charge in [-0.2, -0.15) is 0 Å². The number of carbonyl (C=O) groups excluding carboxylic acids is 1. The first-order chi connectivity index (χ1) is 11.1. The molecule has 0 amide bonds. The monoisotopic (exact) mass is 305 g/mol. The lowest BCUT2D eigenvalue weighted by Crippen LogP contribution is -2.03. The lowest BCUT2D eigenvalue weighted by atomic mass is 9.94. The first-order valence-electron chi connectivity index (χ1n) is 7.55. The molecular formula is C20H19NO2. The van der Waals surface area contributed by atoms with Gasteiger partial charge in [-0.05, 0) is 31.5 Å². The van der Waals surface area contributed by atoms with Gasteiger partial charge < -0.3 is 9.72 Å². The quantitative estimate of drug-likeness (QED) is 0.719. The largest absolute Gasteiger partial charge is 0.497 e. The molecule has 1 heterocycles. The molecule has 0 saturated heterocycles. The van der Waals surface area contributed by atoms with E-state index in [0.717, 1.165) is 33.8 Å². The van der Waals surface area contributed by atoms with Crippen molar-refractivity contribution in [2.75, 3.05) is 7.11 Å². The highest BCUT2D eigenvalue weighted by atomic mass is 16.5. The van der Waals surface area contributed by atoms with E-state index < -0.39 is 0 Å². The van der Waals surface area contributed by atoms with Crippen molar-refractivity contribution in [3.05, 3.63) is 77.1 Å². The van der Waals surface area contributed by atoms with Gasteiger partial charge in [-0.25, -0.2) is 0 Å². The maximum absolute atomic E-state index is 13.0. The van der Waals surface area contributed by atoms with Gasteiger partial charge in [0, 0.05) is 22.5 Å². The maximum atomic E-state index is 13.0. The molecule has 23 heavy (non-hydrogen) atoms. The second-order valence-corrected chi connectivity index (χ2v) is 5.55. The van der Waals surface area contributed by atoms with Crippen LogP contribution in [-0.2, 0) is 0 Å². The van der Waals surface area contributed by atoms with E-state index in [-0.39, 0.29) is 5.78 Å². The van der Waals surface area contributed by atoms with Crippen LogP contribution in [0.25, 0.3) is 11.1 Å². The molecular weight excluding hydrogens is 286 g/mol. The van der Waals surface area contributed by atoms with E-state index in [0.29, 0.717) is 5.56 Å². The number of aromatic nitrogens is 1. The number of rotatable bonds is 4. The lowest BCUT2D eigenvalue weighted by Gasteiger charge is -2.08. The Hall–Kier alpha value is -2.81. The summed E-state index contributed by atoms with van der Waals surface area (Å²) in [6.07, 6.45) is 0. The smallest absolute Gasteiger partial charge is 0.195 e. The van der Waals surface area contributed by atoms with Crippen molar-refractivity contribution < 1.29 is 9.53 Å². The molecule has 0 spiro atoms. The average Bonchev–Trinajstić information content (AvgIpc) is 2.89. The number of ether oxygens (including phenoxy) is 1. The highest BCUT2D eigenvalue weighted by molar-refractivity contribution is 6.14. The first-order valence-corrected chi connectivity index (χ1v) is 7.55. The van der Waals surface area contributed by atoms with E-state index in [4.69, 9.17) is 4.74 Å². The Labute approximate surface area is 135 Å². The molecule has 0 saturated carbocycles. The minimum atomic E-state index is 0.0401. The SMILES string of the molecule is COc1ccc(-c2c(C)[nH]c(C)c2C(=O)c2ccccc2)cc1. The van der Waals surface area contributed by atoms with E-state index in [9.17, 15) is 4.79 Å². The predicted octanol–water partition coefficient (Wildman–Crippen LogP) is 4.54. The average molecular weight is 305 g/mol. The van der Waals surface area contributed by atoms with Crippen LogP contribution in [0.3, 0.4) is 0 Å². The summed E-state index contributed by atoms with van der Waals surface area (Å²) in [4.78, 5) is 16.3. The van der Waals surface area contributed by atoms with Gasteiger partial charge in [0.1, 0.15) is 5.75 Å². The molecule has 3 aromatic rings. The van der Waals surface area contributed by atoms with Gasteiger partial charge >= 0.3 is 0 Å². The summed E-state index contributed by atoms with van der Waals surface area (Å²) in [6, 6.07) is 17.2. The molecule has 0 atom stereocenters. The second kappa shape index (κ2) is 6.13. The summed E-state index contributed by atoms with van der Waals surface area (Å²) < 4.78 is 5.21. The van der Waals surface area contributed by atoms with Gasteiger partial charge in [0.2, 0.25) is 0 Å². The second-order valence-electron chi connectivity index (χ2n) is 5.55. The molecule has 116 valence electrons. The van der Waals surface area contributed by atoms with Crippen LogP contribution in [0.4, 0.5) is 0 Å². The highest BCUT2D eigenvalue weighted by Gasteiger charge is 2.21. The third-order valence-electron chi connectivity index (χ3n) is 4.02. The standard InChI is InChI=1S/C20H19NO2/c1-13-18(15-9-11-17(23-3)12-10-15)19(14(2)21-13)20(22)16-7-5-4-6-8-16/h4-12,21H,1-3H3. The highest BCUT2D eigenvalue weighted by Crippen LogP contribution is 2.32. The molecule has 3 rings (SSSR count). The summed E-state index contributed by atoms with van der Waals surface area (Å²) in [7, 11) is 1.64. The Kier molecular flexibility index (Phi) is 4.02. The molecule has 3 nitrogen and oxygen atoms in total. The zero-order chi connectivity index (χ0) is 16.4. The van der Waals surface area contributed by atoms with Crippen LogP contribution in [0.5, 0.6) is 5.75 Å². The molecule has 1 N–H and O–H groups in total. The van der Waals surface area contributed by atoms with Gasteiger partial charge in [0.15, 0.2) is 5.78 Å². The fourth-order valence-electron chi connectivity index (χ4n) is 2.92.